The summed E-state index contributed by atoms with van der Waals surface area (Å²) >= 11 is 5.74. The zero-order chi connectivity index (χ0) is 17.5. The third-order valence-corrected chi connectivity index (χ3v) is 4.38. The second-order valence-electron chi connectivity index (χ2n) is 6.05. The number of likely N-dealkylation sites (N-methyl/N-ethyl adjacent to an activating group) is 1. The predicted molar refractivity (Wildman–Crippen MR) is 97.5 cm³/mol. The number of rotatable bonds is 8. The Bertz CT molecular complexity index is 542. The quantitative estimate of drug-likeness (QED) is 0.719. The van der Waals surface area contributed by atoms with Gasteiger partial charge in [0.15, 0.2) is 0 Å². The van der Waals surface area contributed by atoms with Gasteiger partial charge in [0.25, 0.3) is 5.24 Å². The summed E-state index contributed by atoms with van der Waals surface area (Å²) in [6.45, 7) is 4.92. The number of methoxy groups -OCH3 is 2. The lowest BCUT2D eigenvalue weighted by Gasteiger charge is -2.34. The molecular formula is C17H26ClN3O3. The number of piperazine rings is 1. The smallest absolute Gasteiger partial charge is 0.254 e. The number of hydrogen-bond donors (Lipinski definition) is 1. The second kappa shape index (κ2) is 9.22. The van der Waals surface area contributed by atoms with Gasteiger partial charge >= 0.3 is 0 Å². The van der Waals surface area contributed by atoms with E-state index in [-0.39, 0.29) is 6.04 Å². The number of nitrogens with zero attached hydrogens (tertiary/aromatic N) is 2. The molecule has 1 aromatic carbocycles. The minimum absolute atomic E-state index is 0.0579. The van der Waals surface area contributed by atoms with Gasteiger partial charge in [0, 0.05) is 51.8 Å². The molecule has 0 aromatic heterocycles. The van der Waals surface area contributed by atoms with Crippen molar-refractivity contribution in [1.82, 2.24) is 4.90 Å². The van der Waals surface area contributed by atoms with E-state index in [1.807, 2.05) is 12.1 Å². The van der Waals surface area contributed by atoms with Crippen LogP contribution in [0, 0.1) is 0 Å². The van der Waals surface area contributed by atoms with E-state index in [1.54, 1.807) is 20.3 Å². The van der Waals surface area contributed by atoms with Crippen molar-refractivity contribution in [2.24, 2.45) is 0 Å². The normalized spacial score (nSPS) is 15.8. The summed E-state index contributed by atoms with van der Waals surface area (Å²) in [6.07, 6.45) is 0. The fourth-order valence-electron chi connectivity index (χ4n) is 2.84. The number of carbonyl (C=O) groups excluding carboxylic acids is 1. The number of ether oxygens (including phenoxy) is 2. The van der Waals surface area contributed by atoms with Crippen LogP contribution in [0.2, 0.25) is 0 Å². The number of hydrogen-bond acceptors (Lipinski definition) is 6. The number of halogens is 1. The van der Waals surface area contributed by atoms with Crippen LogP contribution < -0.4 is 10.2 Å². The third-order valence-electron chi connectivity index (χ3n) is 4.18. The number of anilines is 2. The van der Waals surface area contributed by atoms with Crippen LogP contribution in [0.15, 0.2) is 18.2 Å². The van der Waals surface area contributed by atoms with Crippen molar-refractivity contribution in [3.05, 3.63) is 23.8 Å². The zero-order valence-corrected chi connectivity index (χ0v) is 15.3. The molecule has 0 radical (unpaired) electrons. The average molecular weight is 356 g/mol. The van der Waals surface area contributed by atoms with E-state index in [2.05, 4.69) is 22.2 Å². The molecule has 1 saturated heterocycles. The van der Waals surface area contributed by atoms with Gasteiger partial charge < -0.3 is 24.6 Å². The largest absolute Gasteiger partial charge is 0.382 e. The molecule has 0 spiro atoms. The Balaban J connectivity index is 2.22. The van der Waals surface area contributed by atoms with Gasteiger partial charge in [0.2, 0.25) is 0 Å². The third kappa shape index (κ3) is 5.08. The van der Waals surface area contributed by atoms with Gasteiger partial charge in [0.1, 0.15) is 0 Å². The van der Waals surface area contributed by atoms with Crippen molar-refractivity contribution in [2.45, 2.75) is 6.04 Å². The Labute approximate surface area is 148 Å². The first-order valence-corrected chi connectivity index (χ1v) is 8.44. The molecule has 6 nitrogen and oxygen atoms in total. The number of nitrogens with one attached hydrogen (secondary N) is 1. The minimum Gasteiger partial charge on any atom is -0.382 e. The summed E-state index contributed by atoms with van der Waals surface area (Å²) in [7, 11) is 5.40. The van der Waals surface area contributed by atoms with E-state index < -0.39 is 5.24 Å². The maximum absolute atomic E-state index is 11.7. The molecule has 134 valence electrons. The van der Waals surface area contributed by atoms with Gasteiger partial charge in [-0.05, 0) is 36.8 Å². The molecule has 0 unspecified atom stereocenters. The molecule has 24 heavy (non-hydrogen) atoms. The highest BCUT2D eigenvalue weighted by Gasteiger charge is 2.19. The summed E-state index contributed by atoms with van der Waals surface area (Å²) in [5.41, 5.74) is 2.26. The molecule has 0 aliphatic carbocycles. The van der Waals surface area contributed by atoms with Gasteiger partial charge in [-0.2, -0.15) is 0 Å². The van der Waals surface area contributed by atoms with Crippen LogP contribution in [0.5, 0.6) is 0 Å². The molecule has 1 aromatic rings. The molecule has 1 heterocycles. The zero-order valence-electron chi connectivity index (χ0n) is 14.5. The van der Waals surface area contributed by atoms with Gasteiger partial charge in [-0.15, -0.1) is 0 Å². The molecule has 0 amide bonds. The highest BCUT2D eigenvalue weighted by Crippen LogP contribution is 2.26. The standard InChI is InChI=1S/C17H26ClN3O3/c1-20-6-8-21(9-7-20)14-4-5-15(17(18)22)16(10-14)19-13(11-23-2)12-24-3/h4-5,10,13,19H,6-9,11-12H2,1-3H3. The molecule has 2 rings (SSSR count). The Morgan fingerprint density at radius 2 is 1.83 bits per heavy atom. The van der Waals surface area contributed by atoms with E-state index in [1.165, 1.54) is 0 Å². The highest BCUT2D eigenvalue weighted by molar-refractivity contribution is 6.68. The lowest BCUT2D eigenvalue weighted by Crippen LogP contribution is -2.44. The first-order valence-electron chi connectivity index (χ1n) is 8.07. The first-order chi connectivity index (χ1) is 11.5. The Morgan fingerprint density at radius 3 is 2.38 bits per heavy atom. The van der Waals surface area contributed by atoms with Crippen molar-refractivity contribution in [3.8, 4) is 0 Å². The van der Waals surface area contributed by atoms with Gasteiger partial charge in [-0.1, -0.05) is 0 Å². The van der Waals surface area contributed by atoms with Crippen molar-refractivity contribution < 1.29 is 14.3 Å². The van der Waals surface area contributed by atoms with Crippen LogP contribution in [0.25, 0.3) is 0 Å². The molecule has 0 atom stereocenters. The predicted octanol–water partition coefficient (Wildman–Crippen LogP) is 1.89. The number of benzene rings is 1. The van der Waals surface area contributed by atoms with Crippen molar-refractivity contribution in [2.75, 3.05) is 70.9 Å². The Hall–Kier alpha value is -1.34. The van der Waals surface area contributed by atoms with Crippen molar-refractivity contribution in [1.29, 1.82) is 0 Å². The molecule has 0 saturated carbocycles. The van der Waals surface area contributed by atoms with Gasteiger partial charge in [-0.3, -0.25) is 4.79 Å². The van der Waals surface area contributed by atoms with Crippen LogP contribution in [0.3, 0.4) is 0 Å². The lowest BCUT2D eigenvalue weighted by atomic mass is 10.1. The van der Waals surface area contributed by atoms with E-state index in [0.29, 0.717) is 24.5 Å². The fourth-order valence-corrected chi connectivity index (χ4v) is 3.00. The topological polar surface area (TPSA) is 54.0 Å². The van der Waals surface area contributed by atoms with Crippen molar-refractivity contribution in [3.63, 3.8) is 0 Å². The average Bonchev–Trinajstić information content (AvgIpc) is 2.55. The highest BCUT2D eigenvalue weighted by atomic mass is 35.5. The summed E-state index contributed by atoms with van der Waals surface area (Å²) in [5, 5.41) is 2.85. The van der Waals surface area contributed by atoms with E-state index in [0.717, 1.165) is 31.9 Å². The molecule has 1 N–H and O–H groups in total. The van der Waals surface area contributed by atoms with E-state index in [4.69, 9.17) is 21.1 Å². The summed E-state index contributed by atoms with van der Waals surface area (Å²) < 4.78 is 10.4. The lowest BCUT2D eigenvalue weighted by molar-refractivity contribution is 0.108. The van der Waals surface area contributed by atoms with E-state index >= 15 is 0 Å². The van der Waals surface area contributed by atoms with E-state index in [9.17, 15) is 4.79 Å². The Morgan fingerprint density at radius 1 is 1.21 bits per heavy atom. The first kappa shape index (κ1) is 19.0. The van der Waals surface area contributed by atoms with Gasteiger partial charge in [0.05, 0.1) is 24.8 Å². The van der Waals surface area contributed by atoms with Crippen molar-refractivity contribution >= 4 is 28.2 Å². The molecule has 1 aliphatic heterocycles. The minimum atomic E-state index is -0.476. The van der Waals surface area contributed by atoms with Crippen LogP contribution in [-0.4, -0.2) is 76.8 Å². The summed E-state index contributed by atoms with van der Waals surface area (Å²) in [5.74, 6) is 0. The Kier molecular flexibility index (Phi) is 7.30. The SMILES string of the molecule is COCC(COC)Nc1cc(N2CCN(C)CC2)ccc1C(=O)Cl. The summed E-state index contributed by atoms with van der Waals surface area (Å²) in [6, 6.07) is 5.66. The molecule has 1 fully saturated rings. The fraction of sp³-hybridized carbons (Fsp3) is 0.588. The van der Waals surface area contributed by atoms with Crippen LogP contribution in [0.1, 0.15) is 10.4 Å². The molecule has 7 heteroatoms. The van der Waals surface area contributed by atoms with Crippen LogP contribution in [0.4, 0.5) is 11.4 Å². The second-order valence-corrected chi connectivity index (χ2v) is 6.39. The van der Waals surface area contributed by atoms with Crippen LogP contribution in [-0.2, 0) is 9.47 Å². The number of carbonyl (C=O) groups is 1. The maximum Gasteiger partial charge on any atom is 0.254 e. The monoisotopic (exact) mass is 355 g/mol. The van der Waals surface area contributed by atoms with Crippen LogP contribution >= 0.6 is 11.6 Å². The summed E-state index contributed by atoms with van der Waals surface area (Å²) in [4.78, 5) is 16.4. The molecular weight excluding hydrogens is 330 g/mol. The molecule has 0 bridgehead atoms. The van der Waals surface area contributed by atoms with Gasteiger partial charge in [-0.25, -0.2) is 0 Å². The molecule has 1 aliphatic rings. The maximum atomic E-state index is 11.7.